The lowest BCUT2D eigenvalue weighted by atomic mass is 9.94. The van der Waals surface area contributed by atoms with Crippen molar-refractivity contribution in [3.63, 3.8) is 0 Å². The third-order valence-corrected chi connectivity index (χ3v) is 4.46. The monoisotopic (exact) mass is 374 g/mol. The van der Waals surface area contributed by atoms with Crippen LogP contribution in [0.3, 0.4) is 0 Å². The summed E-state index contributed by atoms with van der Waals surface area (Å²) in [7, 11) is 0. The van der Waals surface area contributed by atoms with Crippen LogP contribution in [0.2, 0.25) is 0 Å². The average Bonchev–Trinajstić information content (AvgIpc) is 2.50. The van der Waals surface area contributed by atoms with Gasteiger partial charge in [0.05, 0.1) is 5.92 Å². The summed E-state index contributed by atoms with van der Waals surface area (Å²) in [5.41, 5.74) is 0. The maximum atomic E-state index is 12.7. The van der Waals surface area contributed by atoms with E-state index < -0.39 is 30.4 Å². The molecule has 0 aliphatic rings. The van der Waals surface area contributed by atoms with Gasteiger partial charge in [-0.3, -0.25) is 4.79 Å². The predicted octanol–water partition coefficient (Wildman–Crippen LogP) is 6.98. The fraction of sp³-hybridized carbons (Fsp3) is 0.944. The van der Waals surface area contributed by atoms with Crippen molar-refractivity contribution >= 4 is 5.97 Å². The lowest BCUT2D eigenvalue weighted by Crippen LogP contribution is -2.36. The summed E-state index contributed by atoms with van der Waals surface area (Å²) in [4.78, 5) is 11.2. The van der Waals surface area contributed by atoms with Crippen LogP contribution in [0.1, 0.15) is 90.4 Å². The van der Waals surface area contributed by atoms with Gasteiger partial charge < -0.3 is 5.11 Å². The molecule has 0 spiro atoms. The van der Waals surface area contributed by atoms with E-state index in [9.17, 15) is 26.7 Å². The second-order valence-electron chi connectivity index (χ2n) is 6.75. The molecule has 0 bridgehead atoms. The molecule has 1 unspecified atom stereocenters. The zero-order valence-electron chi connectivity index (χ0n) is 15.0. The molecule has 0 aliphatic carbocycles. The van der Waals surface area contributed by atoms with E-state index in [1.54, 1.807) is 0 Å². The van der Waals surface area contributed by atoms with Crippen molar-refractivity contribution < 1.29 is 31.9 Å². The molecule has 2 nitrogen and oxygen atoms in total. The zero-order chi connectivity index (χ0) is 19.3. The van der Waals surface area contributed by atoms with Gasteiger partial charge in [0.25, 0.3) is 0 Å². The number of hydrogen-bond acceptors (Lipinski definition) is 1. The Labute approximate surface area is 147 Å². The van der Waals surface area contributed by atoms with E-state index in [0.717, 1.165) is 25.7 Å². The minimum absolute atomic E-state index is 0.187. The molecule has 0 aliphatic heterocycles. The first-order valence-electron chi connectivity index (χ1n) is 9.29. The Bertz CT molecular complexity index is 356. The van der Waals surface area contributed by atoms with Crippen molar-refractivity contribution in [3.8, 4) is 0 Å². The lowest BCUT2D eigenvalue weighted by Gasteiger charge is -2.19. The van der Waals surface area contributed by atoms with Crippen molar-refractivity contribution in [1.82, 2.24) is 0 Å². The summed E-state index contributed by atoms with van der Waals surface area (Å²) in [6, 6.07) is 0. The van der Waals surface area contributed by atoms with Gasteiger partial charge in [-0.1, -0.05) is 64.7 Å². The molecule has 0 rings (SSSR count). The standard InChI is InChI=1S/C18H31F5O2/c1-2-3-4-5-6-7-9-12-15(16(24)25)13-10-8-11-14-17(19,20)18(21,22)23/h15H,2-14H2,1H3,(H,24,25). The molecule has 0 radical (unpaired) electrons. The van der Waals surface area contributed by atoms with Crippen molar-refractivity contribution in [2.45, 2.75) is 102 Å². The highest BCUT2D eigenvalue weighted by Crippen LogP contribution is 2.39. The molecule has 0 aromatic rings. The van der Waals surface area contributed by atoms with Crippen molar-refractivity contribution in [3.05, 3.63) is 0 Å². The van der Waals surface area contributed by atoms with Crippen LogP contribution in [-0.4, -0.2) is 23.2 Å². The Hall–Kier alpha value is -0.880. The maximum absolute atomic E-state index is 12.7. The molecule has 0 amide bonds. The van der Waals surface area contributed by atoms with Crippen LogP contribution in [-0.2, 0) is 4.79 Å². The van der Waals surface area contributed by atoms with Gasteiger partial charge in [0.15, 0.2) is 0 Å². The van der Waals surface area contributed by atoms with E-state index in [-0.39, 0.29) is 12.8 Å². The number of alkyl halides is 5. The Kier molecular flexibility index (Phi) is 12.0. The second-order valence-corrected chi connectivity index (χ2v) is 6.75. The SMILES string of the molecule is CCCCCCCCCC(CCCCCC(F)(F)C(F)(F)F)C(=O)O. The smallest absolute Gasteiger partial charge is 0.453 e. The van der Waals surface area contributed by atoms with Gasteiger partial charge in [0.2, 0.25) is 0 Å². The van der Waals surface area contributed by atoms with Crippen LogP contribution in [0.4, 0.5) is 22.0 Å². The normalized spacial score (nSPS) is 13.8. The van der Waals surface area contributed by atoms with E-state index in [0.29, 0.717) is 19.3 Å². The highest BCUT2D eigenvalue weighted by Gasteiger charge is 2.56. The number of unbranched alkanes of at least 4 members (excludes halogenated alkanes) is 8. The van der Waals surface area contributed by atoms with Gasteiger partial charge in [-0.25, -0.2) is 0 Å². The number of halogens is 5. The second kappa shape index (κ2) is 12.5. The Morgan fingerprint density at radius 2 is 1.24 bits per heavy atom. The van der Waals surface area contributed by atoms with Crippen LogP contribution in [0.15, 0.2) is 0 Å². The van der Waals surface area contributed by atoms with Gasteiger partial charge >= 0.3 is 18.1 Å². The largest absolute Gasteiger partial charge is 0.481 e. The molecular formula is C18H31F5O2. The van der Waals surface area contributed by atoms with Gasteiger partial charge in [-0.15, -0.1) is 0 Å². The molecule has 0 heterocycles. The van der Waals surface area contributed by atoms with Crippen molar-refractivity contribution in [2.75, 3.05) is 0 Å². The minimum Gasteiger partial charge on any atom is -0.481 e. The van der Waals surface area contributed by atoms with Gasteiger partial charge in [0.1, 0.15) is 0 Å². The fourth-order valence-corrected chi connectivity index (χ4v) is 2.80. The topological polar surface area (TPSA) is 37.3 Å². The molecule has 0 saturated heterocycles. The number of aliphatic carboxylic acids is 1. The molecule has 0 fully saturated rings. The maximum Gasteiger partial charge on any atom is 0.453 e. The lowest BCUT2D eigenvalue weighted by molar-refractivity contribution is -0.284. The summed E-state index contributed by atoms with van der Waals surface area (Å²) in [6.45, 7) is 2.14. The molecule has 1 N–H and O–H groups in total. The molecule has 0 aromatic carbocycles. The van der Waals surface area contributed by atoms with E-state index in [1.807, 2.05) is 0 Å². The first kappa shape index (κ1) is 24.1. The van der Waals surface area contributed by atoms with E-state index in [2.05, 4.69) is 6.92 Å². The molecule has 7 heteroatoms. The average molecular weight is 374 g/mol. The van der Waals surface area contributed by atoms with Crippen LogP contribution in [0.25, 0.3) is 0 Å². The highest BCUT2D eigenvalue weighted by atomic mass is 19.4. The van der Waals surface area contributed by atoms with Crippen LogP contribution in [0, 0.1) is 5.92 Å². The fourth-order valence-electron chi connectivity index (χ4n) is 2.80. The number of rotatable bonds is 15. The number of hydrogen-bond donors (Lipinski definition) is 1. The van der Waals surface area contributed by atoms with Gasteiger partial charge in [-0.05, 0) is 19.3 Å². The van der Waals surface area contributed by atoms with Gasteiger partial charge in [-0.2, -0.15) is 22.0 Å². The third kappa shape index (κ3) is 11.4. The molecule has 25 heavy (non-hydrogen) atoms. The summed E-state index contributed by atoms with van der Waals surface area (Å²) < 4.78 is 61.5. The van der Waals surface area contributed by atoms with E-state index >= 15 is 0 Å². The predicted molar refractivity (Wildman–Crippen MR) is 87.8 cm³/mol. The summed E-state index contributed by atoms with van der Waals surface area (Å²) in [5.74, 6) is -6.10. The van der Waals surface area contributed by atoms with Crippen molar-refractivity contribution in [1.29, 1.82) is 0 Å². The summed E-state index contributed by atoms with van der Waals surface area (Å²) in [6.07, 6.45) is 2.05. The zero-order valence-corrected chi connectivity index (χ0v) is 15.0. The highest BCUT2D eigenvalue weighted by molar-refractivity contribution is 5.69. The quantitative estimate of drug-likeness (QED) is 0.248. The minimum atomic E-state index is -5.51. The molecule has 0 aromatic heterocycles. The molecular weight excluding hydrogens is 343 g/mol. The number of carboxylic acids is 1. The Morgan fingerprint density at radius 1 is 0.800 bits per heavy atom. The van der Waals surface area contributed by atoms with Crippen LogP contribution < -0.4 is 0 Å². The van der Waals surface area contributed by atoms with E-state index in [1.165, 1.54) is 19.3 Å². The Balaban J connectivity index is 3.85. The summed E-state index contributed by atoms with van der Waals surface area (Å²) in [5, 5.41) is 9.17. The first-order valence-corrected chi connectivity index (χ1v) is 9.29. The first-order chi connectivity index (χ1) is 11.6. The Morgan fingerprint density at radius 3 is 1.68 bits per heavy atom. The number of carbonyl (C=O) groups is 1. The number of carboxylic acid groups (broad SMARTS) is 1. The summed E-state index contributed by atoms with van der Waals surface area (Å²) >= 11 is 0. The van der Waals surface area contributed by atoms with Gasteiger partial charge in [0, 0.05) is 6.42 Å². The van der Waals surface area contributed by atoms with Crippen molar-refractivity contribution in [2.24, 2.45) is 5.92 Å². The van der Waals surface area contributed by atoms with E-state index in [4.69, 9.17) is 5.11 Å². The molecule has 1 atom stereocenters. The molecule has 150 valence electrons. The van der Waals surface area contributed by atoms with Crippen LogP contribution in [0.5, 0.6) is 0 Å². The molecule has 0 saturated carbocycles. The third-order valence-electron chi connectivity index (χ3n) is 4.46. The van der Waals surface area contributed by atoms with Crippen LogP contribution >= 0.6 is 0 Å².